The average Bonchev–Trinajstić information content (AvgIpc) is 3.09. The van der Waals surface area contributed by atoms with Gasteiger partial charge in [-0.2, -0.15) is 5.10 Å². The van der Waals surface area contributed by atoms with E-state index in [1.165, 1.54) is 0 Å². The molecule has 2 aliphatic rings. The lowest BCUT2D eigenvalue weighted by molar-refractivity contribution is 0.0950. The van der Waals surface area contributed by atoms with Crippen molar-refractivity contribution in [2.24, 2.45) is 0 Å². The van der Waals surface area contributed by atoms with E-state index in [2.05, 4.69) is 15.7 Å². The van der Waals surface area contributed by atoms with Crippen molar-refractivity contribution in [2.75, 3.05) is 31.6 Å². The second kappa shape index (κ2) is 8.55. The van der Waals surface area contributed by atoms with Gasteiger partial charge in [-0.25, -0.2) is 4.79 Å². The van der Waals surface area contributed by atoms with Crippen molar-refractivity contribution in [3.63, 3.8) is 0 Å². The Morgan fingerprint density at radius 1 is 1.24 bits per heavy atom. The number of ether oxygens (including phenoxy) is 1. The van der Waals surface area contributed by atoms with Gasteiger partial charge in [-0.3, -0.25) is 9.48 Å². The Hall–Kier alpha value is -3.03. The summed E-state index contributed by atoms with van der Waals surface area (Å²) in [5, 5.41) is 10.5. The molecule has 3 heterocycles. The van der Waals surface area contributed by atoms with Gasteiger partial charge in [0.05, 0.1) is 12.3 Å². The van der Waals surface area contributed by atoms with Crippen molar-refractivity contribution in [3.8, 4) is 5.75 Å². The van der Waals surface area contributed by atoms with Crippen molar-refractivity contribution >= 4 is 17.6 Å². The molecule has 2 N–H and O–H groups in total. The quantitative estimate of drug-likeness (QED) is 0.830. The van der Waals surface area contributed by atoms with Crippen LogP contribution in [0.4, 0.5) is 10.5 Å². The molecule has 154 valence electrons. The van der Waals surface area contributed by atoms with E-state index in [-0.39, 0.29) is 17.9 Å². The van der Waals surface area contributed by atoms with Gasteiger partial charge in [0.2, 0.25) is 0 Å². The summed E-state index contributed by atoms with van der Waals surface area (Å²) in [6.07, 6.45) is 2.58. The number of amides is 3. The van der Waals surface area contributed by atoms with Gasteiger partial charge in [0, 0.05) is 37.8 Å². The highest BCUT2D eigenvalue weighted by atomic mass is 16.5. The first-order valence-electron chi connectivity index (χ1n) is 10.3. The summed E-state index contributed by atoms with van der Waals surface area (Å²) in [7, 11) is 0. The largest absolute Gasteiger partial charge is 0.494 e. The Bertz CT molecular complexity index is 869. The number of aromatic nitrogens is 2. The van der Waals surface area contributed by atoms with E-state index in [9.17, 15) is 9.59 Å². The van der Waals surface area contributed by atoms with Crippen LogP contribution in [-0.2, 0) is 6.54 Å². The number of piperidine rings is 1. The van der Waals surface area contributed by atoms with Crippen LogP contribution in [0.3, 0.4) is 0 Å². The molecule has 0 unspecified atom stereocenters. The van der Waals surface area contributed by atoms with Crippen LogP contribution in [0.25, 0.3) is 0 Å². The lowest BCUT2D eigenvalue weighted by atomic mass is 9.93. The molecule has 8 heteroatoms. The molecule has 8 nitrogen and oxygen atoms in total. The highest BCUT2D eigenvalue weighted by molar-refractivity contribution is 5.93. The Morgan fingerprint density at radius 3 is 2.72 bits per heavy atom. The molecule has 1 saturated heterocycles. The molecule has 0 atom stereocenters. The zero-order chi connectivity index (χ0) is 20.2. The van der Waals surface area contributed by atoms with E-state index in [1.54, 1.807) is 0 Å². The number of hydrogen-bond acceptors (Lipinski definition) is 4. The number of carbonyl (C=O) groups excluding carboxylic acids is 2. The monoisotopic (exact) mass is 397 g/mol. The van der Waals surface area contributed by atoms with Crippen molar-refractivity contribution < 1.29 is 14.3 Å². The number of carbonyl (C=O) groups is 2. The van der Waals surface area contributed by atoms with Crippen LogP contribution in [-0.4, -0.2) is 52.9 Å². The predicted octanol–water partition coefficient (Wildman–Crippen LogP) is 2.83. The Kier molecular flexibility index (Phi) is 5.69. The summed E-state index contributed by atoms with van der Waals surface area (Å²) in [6, 6.07) is 9.22. The SMILES string of the molecule is CCOc1ccc(NC(=O)N2CCC(c3cc4n(n3)CCCNC4=O)CC2)cc1. The Morgan fingerprint density at radius 2 is 2.00 bits per heavy atom. The molecule has 1 aromatic carbocycles. The lowest BCUT2D eigenvalue weighted by Crippen LogP contribution is -2.40. The first-order chi connectivity index (χ1) is 14.1. The number of benzene rings is 1. The zero-order valence-electron chi connectivity index (χ0n) is 16.7. The summed E-state index contributed by atoms with van der Waals surface area (Å²) in [4.78, 5) is 26.5. The summed E-state index contributed by atoms with van der Waals surface area (Å²) in [5.74, 6) is 1.02. The third kappa shape index (κ3) is 4.36. The van der Waals surface area contributed by atoms with E-state index < -0.39 is 0 Å². The van der Waals surface area contributed by atoms with Gasteiger partial charge in [-0.15, -0.1) is 0 Å². The fourth-order valence-corrected chi connectivity index (χ4v) is 3.89. The normalized spacial score (nSPS) is 17.3. The molecule has 3 amide bonds. The van der Waals surface area contributed by atoms with Crippen LogP contribution >= 0.6 is 0 Å². The fraction of sp³-hybridized carbons (Fsp3) is 0.476. The first kappa shape index (κ1) is 19.3. The van der Waals surface area contributed by atoms with Gasteiger partial charge >= 0.3 is 6.03 Å². The summed E-state index contributed by atoms with van der Waals surface area (Å²) < 4.78 is 7.25. The van der Waals surface area contributed by atoms with E-state index in [0.29, 0.717) is 31.9 Å². The number of nitrogens with one attached hydrogen (secondary N) is 2. The van der Waals surface area contributed by atoms with Gasteiger partial charge < -0.3 is 20.3 Å². The first-order valence-corrected chi connectivity index (χ1v) is 10.3. The second-order valence-corrected chi connectivity index (χ2v) is 7.44. The molecule has 2 aromatic rings. The third-order valence-electron chi connectivity index (χ3n) is 5.48. The minimum atomic E-state index is -0.0902. The van der Waals surface area contributed by atoms with Crippen molar-refractivity contribution in [2.45, 2.75) is 38.6 Å². The van der Waals surface area contributed by atoms with Crippen LogP contribution < -0.4 is 15.4 Å². The molecular weight excluding hydrogens is 370 g/mol. The maximum absolute atomic E-state index is 12.6. The van der Waals surface area contributed by atoms with Crippen LogP contribution in [0.2, 0.25) is 0 Å². The number of fused-ring (bicyclic) bond motifs is 1. The van der Waals surface area contributed by atoms with Crippen molar-refractivity contribution in [1.82, 2.24) is 20.0 Å². The number of likely N-dealkylation sites (tertiary alicyclic amines) is 1. The van der Waals surface area contributed by atoms with Crippen LogP contribution in [0, 0.1) is 0 Å². The number of aryl methyl sites for hydroxylation is 1. The average molecular weight is 397 g/mol. The van der Waals surface area contributed by atoms with Gasteiger partial charge in [0.15, 0.2) is 0 Å². The molecular formula is C21H27N5O3. The van der Waals surface area contributed by atoms with Crippen molar-refractivity contribution in [3.05, 3.63) is 41.7 Å². The molecule has 0 aliphatic carbocycles. The van der Waals surface area contributed by atoms with Crippen LogP contribution in [0.5, 0.6) is 5.75 Å². The second-order valence-electron chi connectivity index (χ2n) is 7.44. The maximum Gasteiger partial charge on any atom is 0.321 e. The topological polar surface area (TPSA) is 88.5 Å². The minimum absolute atomic E-state index is 0.0478. The molecule has 0 bridgehead atoms. The Labute approximate surface area is 170 Å². The standard InChI is InChI=1S/C21H27N5O3/c1-2-29-17-6-4-16(5-7-17)23-21(28)25-12-8-15(9-13-25)18-14-19-20(27)22-10-3-11-26(19)24-18/h4-7,14-15H,2-3,8-13H2,1H3,(H,22,27)(H,23,28). The molecule has 1 fully saturated rings. The molecule has 0 radical (unpaired) electrons. The molecule has 2 aliphatic heterocycles. The predicted molar refractivity (Wildman–Crippen MR) is 109 cm³/mol. The number of rotatable bonds is 4. The van der Waals surface area contributed by atoms with E-state index in [0.717, 1.165) is 42.9 Å². The minimum Gasteiger partial charge on any atom is -0.494 e. The highest BCUT2D eigenvalue weighted by Crippen LogP contribution is 2.28. The van der Waals surface area contributed by atoms with Gasteiger partial charge in [0.1, 0.15) is 11.4 Å². The van der Waals surface area contributed by atoms with Crippen LogP contribution in [0.1, 0.15) is 48.3 Å². The van der Waals surface area contributed by atoms with Crippen molar-refractivity contribution in [1.29, 1.82) is 0 Å². The third-order valence-corrected chi connectivity index (χ3v) is 5.48. The van der Waals surface area contributed by atoms with E-state index in [1.807, 2.05) is 46.8 Å². The molecule has 1 aromatic heterocycles. The maximum atomic E-state index is 12.6. The number of anilines is 1. The molecule has 0 saturated carbocycles. The Balaban J connectivity index is 1.33. The molecule has 29 heavy (non-hydrogen) atoms. The molecule has 0 spiro atoms. The summed E-state index contributed by atoms with van der Waals surface area (Å²) in [6.45, 7) is 5.35. The van der Waals surface area contributed by atoms with E-state index >= 15 is 0 Å². The lowest BCUT2D eigenvalue weighted by Gasteiger charge is -2.31. The van der Waals surface area contributed by atoms with E-state index in [4.69, 9.17) is 4.74 Å². The smallest absolute Gasteiger partial charge is 0.321 e. The summed E-state index contributed by atoms with van der Waals surface area (Å²) in [5.41, 5.74) is 2.36. The fourth-order valence-electron chi connectivity index (χ4n) is 3.89. The van der Waals surface area contributed by atoms with Crippen LogP contribution in [0.15, 0.2) is 30.3 Å². The van der Waals surface area contributed by atoms with Gasteiger partial charge in [0.25, 0.3) is 5.91 Å². The highest BCUT2D eigenvalue weighted by Gasteiger charge is 2.27. The number of nitrogens with zero attached hydrogens (tertiary/aromatic N) is 3. The zero-order valence-corrected chi connectivity index (χ0v) is 16.7. The molecule has 4 rings (SSSR count). The van der Waals surface area contributed by atoms with Gasteiger partial charge in [-0.1, -0.05) is 0 Å². The number of hydrogen-bond donors (Lipinski definition) is 2. The summed E-state index contributed by atoms with van der Waals surface area (Å²) >= 11 is 0. The number of urea groups is 1. The van der Waals surface area contributed by atoms with Gasteiger partial charge in [-0.05, 0) is 56.5 Å².